The topological polar surface area (TPSA) is 27.7 Å². The smallest absolute Gasteiger partial charge is 0.376 e. The number of rotatable bonds is 12. The molecule has 3 nitrogen and oxygen atoms in total. The molecule has 0 aliphatic carbocycles. The molecule has 4 heteroatoms. The van der Waals surface area contributed by atoms with E-state index in [1.54, 1.807) is 0 Å². The average Bonchev–Trinajstić information content (AvgIpc) is 2.41. The molecule has 0 aliphatic rings. The van der Waals surface area contributed by atoms with Gasteiger partial charge in [-0.25, -0.2) is 0 Å². The van der Waals surface area contributed by atoms with E-state index in [1.807, 2.05) is 0 Å². The van der Waals surface area contributed by atoms with E-state index in [-0.39, 0.29) is 0 Å². The number of unbranched alkanes of at least 4 members (excludes halogenated alkanes) is 3. The number of hydrogen-bond donors (Lipinski definition) is 0. The summed E-state index contributed by atoms with van der Waals surface area (Å²) in [5.74, 6) is 0. The summed E-state index contributed by atoms with van der Waals surface area (Å²) in [5.41, 5.74) is 0. The van der Waals surface area contributed by atoms with Crippen molar-refractivity contribution in [2.75, 3.05) is 19.8 Å². The first-order chi connectivity index (χ1) is 8.85. The van der Waals surface area contributed by atoms with E-state index in [9.17, 15) is 0 Å². The Morgan fingerprint density at radius 3 is 1.17 bits per heavy atom. The third-order valence-electron chi connectivity index (χ3n) is 2.26. The van der Waals surface area contributed by atoms with Crippen LogP contribution >= 0.6 is 0 Å². The van der Waals surface area contributed by atoms with Crippen molar-refractivity contribution in [2.24, 2.45) is 0 Å². The summed E-state index contributed by atoms with van der Waals surface area (Å²) in [7, 11) is -1.83. The van der Waals surface area contributed by atoms with Crippen LogP contribution in [0.1, 0.15) is 59.3 Å². The Kier molecular flexibility index (Phi) is 21.5. The summed E-state index contributed by atoms with van der Waals surface area (Å²) in [6.07, 6.45) is 6.76. The zero-order chi connectivity index (χ0) is 14.1. The SMILES string of the molecule is C=C.CCCCO[SiH](OCCCC)OCCCC. The van der Waals surface area contributed by atoms with Gasteiger partial charge in [-0.2, -0.15) is 0 Å². The van der Waals surface area contributed by atoms with Crippen molar-refractivity contribution >= 4 is 9.53 Å². The molecule has 0 amide bonds. The molecule has 18 heavy (non-hydrogen) atoms. The van der Waals surface area contributed by atoms with Gasteiger partial charge in [-0.3, -0.25) is 0 Å². The van der Waals surface area contributed by atoms with Crippen LogP contribution in [0.5, 0.6) is 0 Å². The highest BCUT2D eigenvalue weighted by Gasteiger charge is 2.14. The maximum atomic E-state index is 5.67. The van der Waals surface area contributed by atoms with Gasteiger partial charge in [0.25, 0.3) is 0 Å². The van der Waals surface area contributed by atoms with E-state index < -0.39 is 9.53 Å². The van der Waals surface area contributed by atoms with E-state index in [4.69, 9.17) is 13.3 Å². The third-order valence-corrected chi connectivity index (χ3v) is 3.78. The Labute approximate surface area is 115 Å². The van der Waals surface area contributed by atoms with Crippen molar-refractivity contribution in [3.05, 3.63) is 13.2 Å². The minimum absolute atomic E-state index is 0.783. The quantitative estimate of drug-likeness (QED) is 0.307. The molecule has 110 valence electrons. The van der Waals surface area contributed by atoms with Crippen molar-refractivity contribution in [2.45, 2.75) is 59.3 Å². The monoisotopic (exact) mass is 276 g/mol. The lowest BCUT2D eigenvalue weighted by molar-refractivity contribution is 0.0899. The highest BCUT2D eigenvalue weighted by atomic mass is 28.3. The van der Waals surface area contributed by atoms with Gasteiger partial charge in [0.1, 0.15) is 0 Å². The first-order valence-corrected chi connectivity index (χ1v) is 8.61. The van der Waals surface area contributed by atoms with Gasteiger partial charge in [-0.05, 0) is 19.3 Å². The van der Waals surface area contributed by atoms with Crippen LogP contribution < -0.4 is 0 Å². The average molecular weight is 276 g/mol. The van der Waals surface area contributed by atoms with Gasteiger partial charge in [0.15, 0.2) is 0 Å². The fourth-order valence-electron chi connectivity index (χ4n) is 1.12. The fraction of sp³-hybridized carbons (Fsp3) is 0.857. The van der Waals surface area contributed by atoms with Crippen LogP contribution in [0.2, 0.25) is 0 Å². The first kappa shape index (κ1) is 20.2. The maximum Gasteiger partial charge on any atom is 0.484 e. The second-order valence-corrected chi connectivity index (χ2v) is 5.54. The molecule has 0 heterocycles. The molecular formula is C14H32O3Si. The van der Waals surface area contributed by atoms with E-state index in [0.29, 0.717) is 0 Å². The van der Waals surface area contributed by atoms with Gasteiger partial charge in [-0.15, -0.1) is 13.2 Å². The molecule has 0 aromatic rings. The second-order valence-electron chi connectivity index (χ2n) is 3.96. The second kappa shape index (κ2) is 19.2. The molecule has 0 aliphatic heterocycles. The molecule has 0 aromatic carbocycles. The lowest BCUT2D eigenvalue weighted by Crippen LogP contribution is -2.28. The molecule has 0 bridgehead atoms. The molecule has 0 spiro atoms. The zero-order valence-corrected chi connectivity index (χ0v) is 13.7. The van der Waals surface area contributed by atoms with E-state index in [1.165, 1.54) is 0 Å². The Balaban J connectivity index is 0. The Bertz CT molecular complexity index is 121. The van der Waals surface area contributed by atoms with E-state index >= 15 is 0 Å². The minimum Gasteiger partial charge on any atom is -0.376 e. The molecule has 0 unspecified atom stereocenters. The molecular weight excluding hydrogens is 244 g/mol. The van der Waals surface area contributed by atoms with Crippen LogP contribution in [-0.2, 0) is 13.3 Å². The third kappa shape index (κ3) is 15.8. The fourth-order valence-corrected chi connectivity index (χ4v) is 2.48. The summed E-state index contributed by atoms with van der Waals surface area (Å²) in [5, 5.41) is 0. The highest BCUT2D eigenvalue weighted by molar-refractivity contribution is 6.36. The Morgan fingerprint density at radius 1 is 0.667 bits per heavy atom. The largest absolute Gasteiger partial charge is 0.484 e. The van der Waals surface area contributed by atoms with E-state index in [0.717, 1.165) is 58.3 Å². The van der Waals surface area contributed by atoms with Crippen LogP contribution in [0.15, 0.2) is 13.2 Å². The lowest BCUT2D eigenvalue weighted by atomic mass is 10.4. The summed E-state index contributed by atoms with van der Waals surface area (Å²) in [4.78, 5) is 0. The molecule has 0 saturated heterocycles. The zero-order valence-electron chi connectivity index (χ0n) is 12.6. The van der Waals surface area contributed by atoms with Crippen LogP contribution in [0.3, 0.4) is 0 Å². The number of hydrogen-bond acceptors (Lipinski definition) is 3. The summed E-state index contributed by atoms with van der Waals surface area (Å²) in [6.45, 7) is 14.8. The van der Waals surface area contributed by atoms with Crippen LogP contribution in [0, 0.1) is 0 Å². The van der Waals surface area contributed by atoms with Gasteiger partial charge in [0.2, 0.25) is 0 Å². The normalized spacial score (nSPS) is 10.2. The van der Waals surface area contributed by atoms with Crippen LogP contribution in [0.25, 0.3) is 0 Å². The van der Waals surface area contributed by atoms with Crippen LogP contribution in [-0.4, -0.2) is 29.3 Å². The highest BCUT2D eigenvalue weighted by Crippen LogP contribution is 2.00. The molecule has 0 aromatic heterocycles. The Morgan fingerprint density at radius 2 is 0.944 bits per heavy atom. The predicted octanol–water partition coefficient (Wildman–Crippen LogP) is 3.96. The molecule has 0 rings (SSSR count). The standard InChI is InChI=1S/C12H28O3Si.C2H4/c1-4-7-10-13-16(14-11-8-5-2)15-12-9-6-3;1-2/h16H,4-12H2,1-3H3;1-2H2. The van der Waals surface area contributed by atoms with Crippen LogP contribution in [0.4, 0.5) is 0 Å². The van der Waals surface area contributed by atoms with Gasteiger partial charge < -0.3 is 13.3 Å². The van der Waals surface area contributed by atoms with Gasteiger partial charge in [0.05, 0.1) is 0 Å². The summed E-state index contributed by atoms with van der Waals surface area (Å²) < 4.78 is 17.0. The Hall–Kier alpha value is -0.163. The molecule has 0 radical (unpaired) electrons. The molecule has 0 atom stereocenters. The van der Waals surface area contributed by atoms with Crippen molar-refractivity contribution in [3.63, 3.8) is 0 Å². The minimum atomic E-state index is -1.83. The van der Waals surface area contributed by atoms with Crippen molar-refractivity contribution in [3.8, 4) is 0 Å². The van der Waals surface area contributed by atoms with Crippen molar-refractivity contribution < 1.29 is 13.3 Å². The van der Waals surface area contributed by atoms with Crippen molar-refractivity contribution in [1.82, 2.24) is 0 Å². The predicted molar refractivity (Wildman–Crippen MR) is 81.0 cm³/mol. The van der Waals surface area contributed by atoms with Crippen molar-refractivity contribution in [1.29, 1.82) is 0 Å². The first-order valence-electron chi connectivity index (χ1n) is 7.19. The van der Waals surface area contributed by atoms with Gasteiger partial charge in [0, 0.05) is 19.8 Å². The summed E-state index contributed by atoms with van der Waals surface area (Å²) in [6, 6.07) is 0. The molecule has 0 fully saturated rings. The molecule has 0 N–H and O–H groups in total. The molecule has 0 saturated carbocycles. The lowest BCUT2D eigenvalue weighted by Gasteiger charge is -2.16. The van der Waals surface area contributed by atoms with Gasteiger partial charge >= 0.3 is 9.53 Å². The van der Waals surface area contributed by atoms with Gasteiger partial charge in [-0.1, -0.05) is 40.0 Å². The maximum absolute atomic E-state index is 5.67. The summed E-state index contributed by atoms with van der Waals surface area (Å²) >= 11 is 0. The van der Waals surface area contributed by atoms with E-state index in [2.05, 4.69) is 33.9 Å².